The van der Waals surface area contributed by atoms with E-state index in [4.69, 9.17) is 9.88 Å². The van der Waals surface area contributed by atoms with Gasteiger partial charge in [-0.15, -0.1) is 0 Å². The molecule has 2 aliphatic heterocycles. The summed E-state index contributed by atoms with van der Waals surface area (Å²) in [7, 11) is -3.44. The third-order valence-electron chi connectivity index (χ3n) is 2.87. The van der Waals surface area contributed by atoms with Gasteiger partial charge >= 0.3 is 0 Å². The van der Waals surface area contributed by atoms with Crippen LogP contribution in [-0.2, 0) is 14.9 Å². The zero-order valence-electron chi connectivity index (χ0n) is 7.35. The molecule has 0 aromatic heterocycles. The van der Waals surface area contributed by atoms with Crippen molar-refractivity contribution in [2.45, 2.75) is 6.42 Å². The van der Waals surface area contributed by atoms with Crippen LogP contribution in [0.25, 0.3) is 0 Å². The van der Waals surface area contributed by atoms with E-state index in [9.17, 15) is 8.42 Å². The predicted molar refractivity (Wildman–Crippen MR) is 47.1 cm³/mol. The second kappa shape index (κ2) is 3.20. The lowest BCUT2D eigenvalue weighted by atomic mass is 9.87. The summed E-state index contributed by atoms with van der Waals surface area (Å²) in [6.45, 7) is 2.75. The summed E-state index contributed by atoms with van der Waals surface area (Å²) in [5, 5.41) is 4.97. The Bertz CT molecular complexity index is 278. The molecule has 2 rings (SSSR count). The maximum absolute atomic E-state index is 10.8. The average Bonchev–Trinajstić information content (AvgIpc) is 2.31. The highest BCUT2D eigenvalue weighted by Crippen LogP contribution is 2.30. The van der Waals surface area contributed by atoms with Crippen molar-refractivity contribution in [3.05, 3.63) is 0 Å². The van der Waals surface area contributed by atoms with Gasteiger partial charge < -0.3 is 4.74 Å². The van der Waals surface area contributed by atoms with Crippen LogP contribution < -0.4 is 5.14 Å². The summed E-state index contributed by atoms with van der Waals surface area (Å²) in [5.41, 5.74) is 0. The first-order chi connectivity index (χ1) is 6.07. The van der Waals surface area contributed by atoms with Gasteiger partial charge in [-0.2, -0.15) is 12.7 Å². The fourth-order valence-corrected chi connectivity index (χ4v) is 2.70. The van der Waals surface area contributed by atoms with E-state index in [-0.39, 0.29) is 0 Å². The molecule has 6 heteroatoms. The van der Waals surface area contributed by atoms with E-state index in [1.807, 2.05) is 0 Å². The molecule has 2 fully saturated rings. The molecule has 1 unspecified atom stereocenters. The molecule has 1 atom stereocenters. The van der Waals surface area contributed by atoms with Gasteiger partial charge in [-0.3, -0.25) is 0 Å². The molecular formula is C7H14N2O3S. The zero-order chi connectivity index (χ0) is 9.47. The third kappa shape index (κ3) is 1.85. The Hall–Kier alpha value is -0.170. The maximum Gasteiger partial charge on any atom is 0.276 e. The molecule has 2 saturated heterocycles. The molecule has 2 N–H and O–H groups in total. The van der Waals surface area contributed by atoms with E-state index < -0.39 is 10.2 Å². The largest absolute Gasteiger partial charge is 0.381 e. The van der Waals surface area contributed by atoms with Crippen LogP contribution in [0, 0.1) is 11.8 Å². The molecule has 0 aliphatic carbocycles. The van der Waals surface area contributed by atoms with Crippen molar-refractivity contribution in [3.8, 4) is 0 Å². The molecule has 0 spiro atoms. The summed E-state index contributed by atoms with van der Waals surface area (Å²) >= 11 is 0. The van der Waals surface area contributed by atoms with Crippen LogP contribution in [0.2, 0.25) is 0 Å². The lowest BCUT2D eigenvalue weighted by Gasteiger charge is -2.39. The van der Waals surface area contributed by atoms with Gasteiger partial charge in [-0.1, -0.05) is 0 Å². The summed E-state index contributed by atoms with van der Waals surface area (Å²) in [6, 6.07) is 0. The van der Waals surface area contributed by atoms with Gasteiger partial charge in [0.25, 0.3) is 10.2 Å². The van der Waals surface area contributed by atoms with Crippen LogP contribution in [0.1, 0.15) is 6.42 Å². The van der Waals surface area contributed by atoms with Crippen LogP contribution >= 0.6 is 0 Å². The van der Waals surface area contributed by atoms with Crippen LogP contribution in [0.3, 0.4) is 0 Å². The molecule has 0 aromatic rings. The van der Waals surface area contributed by atoms with Crippen molar-refractivity contribution in [2.24, 2.45) is 17.0 Å². The normalized spacial score (nSPS) is 31.9. The second-order valence-corrected chi connectivity index (χ2v) is 5.29. The van der Waals surface area contributed by atoms with Crippen molar-refractivity contribution in [1.82, 2.24) is 4.31 Å². The molecular weight excluding hydrogens is 192 g/mol. The third-order valence-corrected chi connectivity index (χ3v) is 3.89. The summed E-state index contributed by atoms with van der Waals surface area (Å²) < 4.78 is 28.2. The number of hydrogen-bond donors (Lipinski definition) is 1. The van der Waals surface area contributed by atoms with Crippen LogP contribution in [0.4, 0.5) is 0 Å². The standard InChI is InChI=1S/C7H14N2O3S/c8-13(10,11)9-3-7(4-9)6-1-2-12-5-6/h6-7H,1-5H2,(H2,8,10,11). The first-order valence-electron chi connectivity index (χ1n) is 4.43. The maximum atomic E-state index is 10.8. The highest BCUT2D eigenvalue weighted by atomic mass is 32.2. The van der Waals surface area contributed by atoms with Gasteiger partial charge in [0.05, 0.1) is 0 Å². The first kappa shape index (κ1) is 9.39. The highest BCUT2D eigenvalue weighted by molar-refractivity contribution is 7.86. The molecule has 0 amide bonds. The van der Waals surface area contributed by atoms with Crippen molar-refractivity contribution in [2.75, 3.05) is 26.3 Å². The van der Waals surface area contributed by atoms with E-state index >= 15 is 0 Å². The quantitative estimate of drug-likeness (QED) is 0.640. The van der Waals surface area contributed by atoms with Gasteiger partial charge in [0.15, 0.2) is 0 Å². The van der Waals surface area contributed by atoms with Gasteiger partial charge in [0.1, 0.15) is 0 Å². The molecule has 0 saturated carbocycles. The van der Waals surface area contributed by atoms with Gasteiger partial charge in [-0.05, 0) is 18.3 Å². The Labute approximate surface area is 78.0 Å². The molecule has 5 nitrogen and oxygen atoms in total. The molecule has 76 valence electrons. The van der Waals surface area contributed by atoms with E-state index in [0.29, 0.717) is 24.9 Å². The van der Waals surface area contributed by atoms with Gasteiger partial charge in [0, 0.05) is 26.3 Å². The Morgan fingerprint density at radius 2 is 2.00 bits per heavy atom. The molecule has 0 aromatic carbocycles. The highest BCUT2D eigenvalue weighted by Gasteiger charge is 2.39. The molecule has 2 aliphatic rings. The number of hydrogen-bond acceptors (Lipinski definition) is 3. The average molecular weight is 206 g/mol. The van der Waals surface area contributed by atoms with Gasteiger partial charge in [0.2, 0.25) is 0 Å². The fraction of sp³-hybridized carbons (Fsp3) is 1.00. The smallest absolute Gasteiger partial charge is 0.276 e. The molecule has 13 heavy (non-hydrogen) atoms. The van der Waals surface area contributed by atoms with Crippen molar-refractivity contribution in [1.29, 1.82) is 0 Å². The number of nitrogens with two attached hydrogens (primary N) is 1. The van der Waals surface area contributed by atoms with Crippen LogP contribution in [-0.4, -0.2) is 39.0 Å². The van der Waals surface area contributed by atoms with Crippen molar-refractivity contribution >= 4 is 10.2 Å². The topological polar surface area (TPSA) is 72.6 Å². The Morgan fingerprint density at radius 3 is 2.46 bits per heavy atom. The molecule has 0 radical (unpaired) electrons. The van der Waals surface area contributed by atoms with Crippen molar-refractivity contribution in [3.63, 3.8) is 0 Å². The first-order valence-corrected chi connectivity index (χ1v) is 5.93. The predicted octanol–water partition coefficient (Wildman–Crippen LogP) is -0.842. The SMILES string of the molecule is NS(=O)(=O)N1CC(C2CCOC2)C1. The van der Waals surface area contributed by atoms with Crippen LogP contribution in [0.5, 0.6) is 0 Å². The molecule has 2 heterocycles. The Morgan fingerprint density at radius 1 is 1.31 bits per heavy atom. The monoisotopic (exact) mass is 206 g/mol. The summed E-state index contributed by atoms with van der Waals surface area (Å²) in [6.07, 6.45) is 1.06. The minimum atomic E-state index is -3.44. The van der Waals surface area contributed by atoms with E-state index in [1.54, 1.807) is 0 Å². The number of nitrogens with zero attached hydrogens (tertiary/aromatic N) is 1. The Kier molecular flexibility index (Phi) is 2.31. The summed E-state index contributed by atoms with van der Waals surface area (Å²) in [5.74, 6) is 0.999. The van der Waals surface area contributed by atoms with Gasteiger partial charge in [-0.25, -0.2) is 5.14 Å². The fourth-order valence-electron chi connectivity index (χ4n) is 1.90. The second-order valence-electron chi connectivity index (χ2n) is 3.75. The van der Waals surface area contributed by atoms with E-state index in [1.165, 1.54) is 4.31 Å². The number of ether oxygens (including phenoxy) is 1. The van der Waals surface area contributed by atoms with E-state index in [0.717, 1.165) is 19.6 Å². The number of rotatable bonds is 2. The lowest BCUT2D eigenvalue weighted by Crippen LogP contribution is -2.54. The van der Waals surface area contributed by atoms with Crippen LogP contribution in [0.15, 0.2) is 0 Å². The zero-order valence-corrected chi connectivity index (χ0v) is 8.16. The lowest BCUT2D eigenvalue weighted by molar-refractivity contribution is 0.112. The van der Waals surface area contributed by atoms with Crippen molar-refractivity contribution < 1.29 is 13.2 Å². The minimum absolute atomic E-state index is 0.459. The summed E-state index contributed by atoms with van der Waals surface area (Å²) in [4.78, 5) is 0. The molecule has 0 bridgehead atoms. The van der Waals surface area contributed by atoms with E-state index in [2.05, 4.69) is 0 Å². The Balaban J connectivity index is 1.84. The minimum Gasteiger partial charge on any atom is -0.381 e.